The summed E-state index contributed by atoms with van der Waals surface area (Å²) in [4.78, 5) is 26.7. The molecule has 7 nitrogen and oxygen atoms in total. The molecule has 0 aromatic heterocycles. The lowest BCUT2D eigenvalue weighted by atomic mass is 10.1. The van der Waals surface area contributed by atoms with E-state index in [0.29, 0.717) is 32.8 Å². The molecule has 2 N–H and O–H groups in total. The van der Waals surface area contributed by atoms with E-state index in [9.17, 15) is 9.59 Å². The molecule has 1 saturated heterocycles. The summed E-state index contributed by atoms with van der Waals surface area (Å²) in [6.07, 6.45) is -0.186. The number of carbonyl (C=O) groups is 2. The Morgan fingerprint density at radius 3 is 2.81 bits per heavy atom. The van der Waals surface area contributed by atoms with E-state index in [4.69, 9.17) is 9.84 Å². The van der Waals surface area contributed by atoms with E-state index in [1.807, 2.05) is 18.2 Å². The molecule has 1 atom stereocenters. The Hall–Kier alpha value is -2.64. The Morgan fingerprint density at radius 2 is 2.04 bits per heavy atom. The second kappa shape index (κ2) is 8.83. The topological polar surface area (TPSA) is 82.1 Å². The molecule has 2 aromatic carbocycles. The van der Waals surface area contributed by atoms with Gasteiger partial charge in [-0.15, -0.1) is 0 Å². The van der Waals surface area contributed by atoms with Crippen LogP contribution >= 0.6 is 0 Å². The maximum atomic E-state index is 12.5. The van der Waals surface area contributed by atoms with Crippen molar-refractivity contribution in [3.05, 3.63) is 48.0 Å². The van der Waals surface area contributed by atoms with Crippen LogP contribution in [0.1, 0.15) is 5.56 Å². The van der Waals surface area contributed by atoms with Crippen molar-refractivity contribution in [3.8, 4) is 0 Å². The molecule has 1 fully saturated rings. The number of benzene rings is 2. The van der Waals surface area contributed by atoms with Crippen LogP contribution in [-0.4, -0.2) is 72.8 Å². The average Bonchev–Trinajstić information content (AvgIpc) is 2.65. The molecule has 144 valence electrons. The predicted molar refractivity (Wildman–Crippen MR) is 103 cm³/mol. The van der Waals surface area contributed by atoms with Crippen LogP contribution in [0.3, 0.4) is 0 Å². The van der Waals surface area contributed by atoms with Gasteiger partial charge in [0, 0.05) is 26.2 Å². The molecule has 1 unspecified atom stereocenters. The van der Waals surface area contributed by atoms with Crippen LogP contribution in [0.2, 0.25) is 0 Å². The highest BCUT2D eigenvalue weighted by Crippen LogP contribution is 2.15. The number of hydrogen-bond acceptors (Lipinski definition) is 4. The van der Waals surface area contributed by atoms with Gasteiger partial charge in [-0.2, -0.15) is 0 Å². The Balaban J connectivity index is 1.51. The molecule has 0 aliphatic carbocycles. The number of hydrogen-bond donors (Lipinski definition) is 2. The number of aliphatic carboxylic acids is 1. The fraction of sp³-hybridized carbons (Fsp3) is 0.400. The largest absolute Gasteiger partial charge is 0.480 e. The zero-order chi connectivity index (χ0) is 19.2. The highest BCUT2D eigenvalue weighted by Gasteiger charge is 2.25. The molecule has 1 aliphatic heterocycles. The van der Waals surface area contributed by atoms with E-state index < -0.39 is 5.97 Å². The van der Waals surface area contributed by atoms with Crippen molar-refractivity contribution in [1.82, 2.24) is 15.1 Å². The second-order valence-corrected chi connectivity index (χ2v) is 6.87. The number of nitrogens with one attached hydrogen (secondary N) is 1. The molecular weight excluding hydrogens is 346 g/mol. The first-order valence-corrected chi connectivity index (χ1v) is 9.03. The van der Waals surface area contributed by atoms with Crippen LogP contribution in [0.25, 0.3) is 10.8 Å². The summed E-state index contributed by atoms with van der Waals surface area (Å²) < 4.78 is 5.67. The van der Waals surface area contributed by atoms with Crippen LogP contribution < -0.4 is 5.32 Å². The maximum absolute atomic E-state index is 12.5. The fourth-order valence-electron chi connectivity index (χ4n) is 3.30. The van der Waals surface area contributed by atoms with E-state index in [1.54, 1.807) is 16.8 Å². The number of amides is 2. The average molecular weight is 371 g/mol. The van der Waals surface area contributed by atoms with E-state index in [1.165, 1.54) is 5.39 Å². The number of carbonyl (C=O) groups excluding carboxylic acids is 1. The van der Waals surface area contributed by atoms with Crippen LogP contribution in [0.4, 0.5) is 4.79 Å². The third-order valence-corrected chi connectivity index (χ3v) is 4.60. The number of carboxylic acid groups (broad SMARTS) is 1. The third-order valence-electron chi connectivity index (χ3n) is 4.60. The Bertz CT molecular complexity index is 811. The van der Waals surface area contributed by atoms with Crippen molar-refractivity contribution in [1.29, 1.82) is 0 Å². The summed E-state index contributed by atoms with van der Waals surface area (Å²) in [5.74, 6) is -0.877. The Kier molecular flexibility index (Phi) is 6.26. The van der Waals surface area contributed by atoms with Gasteiger partial charge in [0.25, 0.3) is 0 Å². The number of nitrogens with zero attached hydrogens (tertiary/aromatic N) is 2. The van der Waals surface area contributed by atoms with Crippen molar-refractivity contribution >= 4 is 22.8 Å². The van der Waals surface area contributed by atoms with Gasteiger partial charge in [0.2, 0.25) is 0 Å². The minimum atomic E-state index is -0.877. The van der Waals surface area contributed by atoms with Crippen LogP contribution in [0.5, 0.6) is 0 Å². The van der Waals surface area contributed by atoms with E-state index in [2.05, 4.69) is 29.6 Å². The summed E-state index contributed by atoms with van der Waals surface area (Å²) in [7, 11) is 1.73. The minimum Gasteiger partial charge on any atom is -0.480 e. The molecule has 0 bridgehead atoms. The number of rotatable bonds is 6. The molecule has 1 aliphatic rings. The fourth-order valence-corrected chi connectivity index (χ4v) is 3.30. The summed E-state index contributed by atoms with van der Waals surface area (Å²) >= 11 is 0. The van der Waals surface area contributed by atoms with Crippen molar-refractivity contribution in [2.24, 2.45) is 0 Å². The number of ether oxygens (including phenoxy) is 1. The van der Waals surface area contributed by atoms with Crippen LogP contribution in [0, 0.1) is 0 Å². The zero-order valence-electron chi connectivity index (χ0n) is 15.4. The Morgan fingerprint density at radius 1 is 1.26 bits per heavy atom. The first kappa shape index (κ1) is 19.1. The SMILES string of the molecule is CN(CC(=O)O)CC1CN(C(=O)NCc2ccc3ccccc3c2)CCO1. The van der Waals surface area contributed by atoms with Gasteiger partial charge in [-0.1, -0.05) is 36.4 Å². The number of carboxylic acids is 1. The van der Waals surface area contributed by atoms with Crippen LogP contribution in [0.15, 0.2) is 42.5 Å². The molecule has 2 aromatic rings. The van der Waals surface area contributed by atoms with E-state index in [0.717, 1.165) is 10.9 Å². The molecule has 3 rings (SSSR count). The summed E-state index contributed by atoms with van der Waals surface area (Å²) in [6, 6.07) is 14.2. The molecule has 0 saturated carbocycles. The summed E-state index contributed by atoms with van der Waals surface area (Å²) in [5.41, 5.74) is 1.05. The first-order valence-electron chi connectivity index (χ1n) is 9.03. The number of fused-ring (bicyclic) bond motifs is 1. The quantitative estimate of drug-likeness (QED) is 0.809. The molecule has 27 heavy (non-hydrogen) atoms. The lowest BCUT2D eigenvalue weighted by molar-refractivity contribution is -0.138. The molecule has 0 radical (unpaired) electrons. The highest BCUT2D eigenvalue weighted by molar-refractivity contribution is 5.83. The molecule has 7 heteroatoms. The molecule has 1 heterocycles. The van der Waals surface area contributed by atoms with Crippen molar-refractivity contribution in [3.63, 3.8) is 0 Å². The normalized spacial score (nSPS) is 17.3. The van der Waals surface area contributed by atoms with E-state index >= 15 is 0 Å². The maximum Gasteiger partial charge on any atom is 0.317 e. The lowest BCUT2D eigenvalue weighted by Crippen LogP contribution is -2.52. The monoisotopic (exact) mass is 371 g/mol. The minimum absolute atomic E-state index is 0.0476. The smallest absolute Gasteiger partial charge is 0.317 e. The first-order chi connectivity index (χ1) is 13.0. The lowest BCUT2D eigenvalue weighted by Gasteiger charge is -2.34. The highest BCUT2D eigenvalue weighted by atomic mass is 16.5. The van der Waals surface area contributed by atoms with Gasteiger partial charge in [-0.25, -0.2) is 4.79 Å². The van der Waals surface area contributed by atoms with Gasteiger partial charge in [-0.05, 0) is 29.4 Å². The van der Waals surface area contributed by atoms with Gasteiger partial charge in [0.1, 0.15) is 0 Å². The van der Waals surface area contributed by atoms with Gasteiger partial charge in [0.15, 0.2) is 0 Å². The van der Waals surface area contributed by atoms with Gasteiger partial charge in [0.05, 0.1) is 19.3 Å². The zero-order valence-corrected chi connectivity index (χ0v) is 15.4. The summed E-state index contributed by atoms with van der Waals surface area (Å²) in [5, 5.41) is 14.1. The molecule has 2 amide bonds. The second-order valence-electron chi connectivity index (χ2n) is 6.87. The van der Waals surface area contributed by atoms with Crippen molar-refractivity contribution in [2.75, 3.05) is 39.8 Å². The predicted octanol–water partition coefficient (Wildman–Crippen LogP) is 1.77. The third kappa shape index (κ3) is 5.42. The molecular formula is C20H25N3O4. The molecule has 0 spiro atoms. The number of morpholine rings is 1. The number of urea groups is 1. The van der Waals surface area contributed by atoms with E-state index in [-0.39, 0.29) is 18.7 Å². The standard InChI is InChI=1S/C20H25N3O4/c1-22(14-19(24)25)12-18-13-23(8-9-27-18)20(26)21-11-15-6-7-16-4-2-3-5-17(16)10-15/h2-7,10,18H,8-9,11-14H2,1H3,(H,21,26)(H,24,25). The van der Waals surface area contributed by atoms with Gasteiger partial charge in [-0.3, -0.25) is 9.69 Å². The van der Waals surface area contributed by atoms with Crippen LogP contribution in [-0.2, 0) is 16.1 Å². The summed E-state index contributed by atoms with van der Waals surface area (Å²) in [6.45, 7) is 2.32. The van der Waals surface area contributed by atoms with Gasteiger partial charge >= 0.3 is 12.0 Å². The number of likely N-dealkylation sites (N-methyl/N-ethyl adjacent to an activating group) is 1. The van der Waals surface area contributed by atoms with Crippen molar-refractivity contribution < 1.29 is 19.4 Å². The van der Waals surface area contributed by atoms with Crippen molar-refractivity contribution in [2.45, 2.75) is 12.6 Å². The van der Waals surface area contributed by atoms with Gasteiger partial charge < -0.3 is 20.1 Å². The Labute approximate surface area is 158 Å².